The minimum absolute atomic E-state index is 0.00583. The number of methoxy groups -OCH3 is 1. The van der Waals surface area contributed by atoms with Gasteiger partial charge in [-0.15, -0.1) is 0 Å². The van der Waals surface area contributed by atoms with Crippen molar-refractivity contribution in [2.75, 3.05) is 38.8 Å². The summed E-state index contributed by atoms with van der Waals surface area (Å²) in [7, 11) is 1.61. The quantitative estimate of drug-likeness (QED) is 0.856. The summed E-state index contributed by atoms with van der Waals surface area (Å²) in [5, 5.41) is 3.52. The van der Waals surface area contributed by atoms with Gasteiger partial charge in [-0.2, -0.15) is 0 Å². The summed E-state index contributed by atoms with van der Waals surface area (Å²) in [6.07, 6.45) is 1.68. The Bertz CT molecular complexity index is 908. The lowest BCUT2D eigenvalue weighted by atomic mass is 10.0. The number of hydrogen-bond donors (Lipinski definition) is 1. The summed E-state index contributed by atoms with van der Waals surface area (Å²) in [5.74, 6) is 1.84. The largest absolute Gasteiger partial charge is 0.493 e. The first kappa shape index (κ1) is 18.1. The molecule has 29 heavy (non-hydrogen) atoms. The number of para-hydroxylation sites is 1. The minimum Gasteiger partial charge on any atom is -0.493 e. The Morgan fingerprint density at radius 1 is 1.17 bits per heavy atom. The zero-order valence-corrected chi connectivity index (χ0v) is 16.3. The molecule has 2 atom stereocenters. The number of amides is 1. The Hall–Kier alpha value is -2.93. The topological polar surface area (TPSA) is 69.3 Å². The van der Waals surface area contributed by atoms with Crippen molar-refractivity contribution in [3.05, 3.63) is 47.5 Å². The number of carbonyl (C=O) groups excluding carboxylic acids is 1. The van der Waals surface area contributed by atoms with E-state index >= 15 is 0 Å². The molecule has 0 aliphatic carbocycles. The minimum atomic E-state index is -0.355. The summed E-state index contributed by atoms with van der Waals surface area (Å²) in [5.41, 5.74) is 2.37. The van der Waals surface area contributed by atoms with E-state index in [1.165, 1.54) is 0 Å². The molecule has 1 saturated heterocycles. The van der Waals surface area contributed by atoms with Crippen LogP contribution in [0.1, 0.15) is 34.9 Å². The van der Waals surface area contributed by atoms with E-state index in [9.17, 15) is 4.79 Å². The SMILES string of the molecule is COc1cc([C@@H]2Nc3ccccc3C(=O)N2C[C@@H]2CCCO2)cc2c1OCCO2. The summed E-state index contributed by atoms with van der Waals surface area (Å²) in [6.45, 7) is 2.25. The Labute approximate surface area is 169 Å². The van der Waals surface area contributed by atoms with Crippen LogP contribution >= 0.6 is 0 Å². The molecule has 2 aromatic carbocycles. The summed E-state index contributed by atoms with van der Waals surface area (Å²) in [4.78, 5) is 15.2. The van der Waals surface area contributed by atoms with Crippen LogP contribution in [0, 0.1) is 0 Å². The van der Waals surface area contributed by atoms with Crippen molar-refractivity contribution >= 4 is 11.6 Å². The van der Waals surface area contributed by atoms with Gasteiger partial charge in [0.25, 0.3) is 5.91 Å². The van der Waals surface area contributed by atoms with Gasteiger partial charge in [-0.3, -0.25) is 4.79 Å². The number of ether oxygens (including phenoxy) is 4. The molecule has 0 aromatic heterocycles. The van der Waals surface area contributed by atoms with E-state index in [1.807, 2.05) is 41.3 Å². The number of rotatable bonds is 4. The molecule has 2 aromatic rings. The first-order valence-electron chi connectivity index (χ1n) is 10.0. The number of anilines is 1. The average Bonchev–Trinajstić information content (AvgIpc) is 3.28. The third-order valence-electron chi connectivity index (χ3n) is 5.61. The van der Waals surface area contributed by atoms with E-state index in [2.05, 4.69) is 5.32 Å². The smallest absolute Gasteiger partial charge is 0.257 e. The lowest BCUT2D eigenvalue weighted by Crippen LogP contribution is -2.46. The van der Waals surface area contributed by atoms with Crippen LogP contribution in [-0.4, -0.2) is 50.4 Å². The second kappa shape index (κ2) is 7.48. The van der Waals surface area contributed by atoms with Crippen molar-refractivity contribution < 1.29 is 23.7 Å². The van der Waals surface area contributed by atoms with Gasteiger partial charge in [-0.1, -0.05) is 12.1 Å². The highest BCUT2D eigenvalue weighted by molar-refractivity contribution is 6.01. The third-order valence-corrected chi connectivity index (χ3v) is 5.61. The number of nitrogens with zero attached hydrogens (tertiary/aromatic N) is 1. The van der Waals surface area contributed by atoms with Gasteiger partial charge in [-0.05, 0) is 37.1 Å². The monoisotopic (exact) mass is 396 g/mol. The van der Waals surface area contributed by atoms with E-state index in [4.69, 9.17) is 18.9 Å². The van der Waals surface area contributed by atoms with E-state index in [0.29, 0.717) is 42.6 Å². The Morgan fingerprint density at radius 3 is 2.86 bits per heavy atom. The maximum absolute atomic E-state index is 13.4. The third kappa shape index (κ3) is 3.25. The normalized spacial score (nSPS) is 22.8. The maximum Gasteiger partial charge on any atom is 0.257 e. The van der Waals surface area contributed by atoms with Crippen molar-refractivity contribution in [3.63, 3.8) is 0 Å². The lowest BCUT2D eigenvalue weighted by Gasteiger charge is -2.39. The van der Waals surface area contributed by atoms with Crippen LogP contribution in [0.2, 0.25) is 0 Å². The van der Waals surface area contributed by atoms with E-state index in [-0.39, 0.29) is 18.2 Å². The molecule has 3 aliphatic heterocycles. The first-order chi connectivity index (χ1) is 14.2. The molecule has 7 nitrogen and oxygen atoms in total. The molecule has 7 heteroatoms. The molecule has 1 N–H and O–H groups in total. The van der Waals surface area contributed by atoms with Crippen molar-refractivity contribution in [2.45, 2.75) is 25.1 Å². The van der Waals surface area contributed by atoms with Crippen LogP contribution in [0.4, 0.5) is 5.69 Å². The number of fused-ring (bicyclic) bond motifs is 2. The molecule has 0 spiro atoms. The number of benzene rings is 2. The second-order valence-electron chi connectivity index (χ2n) is 7.43. The highest BCUT2D eigenvalue weighted by atomic mass is 16.6. The molecule has 1 amide bonds. The predicted octanol–water partition coefficient (Wildman–Crippen LogP) is 3.21. The maximum atomic E-state index is 13.4. The van der Waals surface area contributed by atoms with Crippen molar-refractivity contribution in [1.29, 1.82) is 0 Å². The standard InChI is InChI=1S/C22H24N2O5/c1-26-18-11-14(12-19-20(18)29-10-9-28-19)21-23-17-7-3-2-6-16(17)22(25)24(21)13-15-5-4-8-27-15/h2-3,6-7,11-12,15,21,23H,4-5,8-10,13H2,1H3/t15-,21+/m0/s1. The molecular formula is C22H24N2O5. The van der Waals surface area contributed by atoms with Crippen LogP contribution in [0.25, 0.3) is 0 Å². The van der Waals surface area contributed by atoms with Crippen LogP contribution in [-0.2, 0) is 4.74 Å². The molecular weight excluding hydrogens is 372 g/mol. The zero-order valence-electron chi connectivity index (χ0n) is 16.3. The summed E-state index contributed by atoms with van der Waals surface area (Å²) in [6, 6.07) is 11.4. The Kier molecular flexibility index (Phi) is 4.67. The average molecular weight is 396 g/mol. The van der Waals surface area contributed by atoms with Gasteiger partial charge in [0, 0.05) is 24.4 Å². The van der Waals surface area contributed by atoms with Gasteiger partial charge in [0.2, 0.25) is 5.75 Å². The predicted molar refractivity (Wildman–Crippen MR) is 107 cm³/mol. The van der Waals surface area contributed by atoms with Crippen molar-refractivity contribution in [2.24, 2.45) is 0 Å². The molecule has 0 saturated carbocycles. The van der Waals surface area contributed by atoms with E-state index in [0.717, 1.165) is 30.7 Å². The van der Waals surface area contributed by atoms with Crippen LogP contribution < -0.4 is 19.5 Å². The molecule has 0 bridgehead atoms. The molecule has 0 unspecified atom stereocenters. The van der Waals surface area contributed by atoms with Gasteiger partial charge in [-0.25, -0.2) is 0 Å². The molecule has 1 fully saturated rings. The highest BCUT2D eigenvalue weighted by Gasteiger charge is 2.36. The summed E-state index contributed by atoms with van der Waals surface area (Å²) >= 11 is 0. The van der Waals surface area contributed by atoms with Gasteiger partial charge in [0.05, 0.1) is 18.8 Å². The fourth-order valence-corrected chi connectivity index (χ4v) is 4.20. The van der Waals surface area contributed by atoms with Gasteiger partial charge in [0.15, 0.2) is 11.5 Å². The fraction of sp³-hybridized carbons (Fsp3) is 0.409. The van der Waals surface area contributed by atoms with Gasteiger partial charge < -0.3 is 29.2 Å². The Balaban J connectivity index is 1.56. The highest BCUT2D eigenvalue weighted by Crippen LogP contribution is 2.44. The first-order valence-corrected chi connectivity index (χ1v) is 10.0. The van der Waals surface area contributed by atoms with Crippen LogP contribution in [0.15, 0.2) is 36.4 Å². The van der Waals surface area contributed by atoms with Gasteiger partial charge in [0.1, 0.15) is 19.4 Å². The Morgan fingerprint density at radius 2 is 2.03 bits per heavy atom. The fourth-order valence-electron chi connectivity index (χ4n) is 4.20. The lowest BCUT2D eigenvalue weighted by molar-refractivity contribution is 0.0426. The van der Waals surface area contributed by atoms with Crippen LogP contribution in [0.5, 0.6) is 17.2 Å². The molecule has 152 valence electrons. The molecule has 3 aliphatic rings. The van der Waals surface area contributed by atoms with Crippen molar-refractivity contribution in [1.82, 2.24) is 4.90 Å². The van der Waals surface area contributed by atoms with Crippen LogP contribution in [0.3, 0.4) is 0 Å². The molecule has 0 radical (unpaired) electrons. The van der Waals surface area contributed by atoms with E-state index < -0.39 is 0 Å². The molecule has 3 heterocycles. The van der Waals surface area contributed by atoms with E-state index in [1.54, 1.807) is 7.11 Å². The number of carbonyl (C=O) groups is 1. The number of nitrogens with one attached hydrogen (secondary N) is 1. The zero-order chi connectivity index (χ0) is 19.8. The van der Waals surface area contributed by atoms with Gasteiger partial charge >= 0.3 is 0 Å². The molecule has 5 rings (SSSR count). The second-order valence-corrected chi connectivity index (χ2v) is 7.43. The summed E-state index contributed by atoms with van der Waals surface area (Å²) < 4.78 is 22.9. The van der Waals surface area contributed by atoms with Crippen molar-refractivity contribution in [3.8, 4) is 17.2 Å². The number of hydrogen-bond acceptors (Lipinski definition) is 6.